The monoisotopic (exact) mass is 854 g/mol. The largest absolute Gasteiger partial charge is 0.394 e. The normalized spacial score (nSPS) is 57.7. The van der Waals surface area contributed by atoms with Crippen LogP contribution in [-0.2, 0) is 37.9 Å². The molecule has 342 valence electrons. The first kappa shape index (κ1) is 44.3. The van der Waals surface area contributed by atoms with Gasteiger partial charge in [-0.15, -0.1) is 0 Å². The fourth-order valence-electron chi connectivity index (χ4n) is 13.8. The Morgan fingerprint density at radius 3 is 2.08 bits per heavy atom. The summed E-state index contributed by atoms with van der Waals surface area (Å²) >= 11 is 0. The molecule has 5 saturated heterocycles. The molecule has 5 heterocycles. The third-order valence-electron chi connectivity index (χ3n) is 17.3. The van der Waals surface area contributed by atoms with E-state index in [0.29, 0.717) is 48.3 Å². The molecule has 3 saturated carbocycles. The van der Waals surface area contributed by atoms with E-state index in [1.807, 2.05) is 0 Å². The van der Waals surface area contributed by atoms with E-state index >= 15 is 0 Å². The van der Waals surface area contributed by atoms with Gasteiger partial charge in [-0.3, -0.25) is 0 Å². The molecule has 8 fully saturated rings. The highest BCUT2D eigenvalue weighted by atomic mass is 16.8. The zero-order chi connectivity index (χ0) is 42.6. The lowest BCUT2D eigenvalue weighted by atomic mass is 9.47. The number of ether oxygens (including phenoxy) is 8. The van der Waals surface area contributed by atoms with Crippen LogP contribution < -0.4 is 0 Å². The van der Waals surface area contributed by atoms with E-state index in [4.69, 9.17) is 37.9 Å². The molecule has 0 aromatic carbocycles. The van der Waals surface area contributed by atoms with E-state index in [0.717, 1.165) is 45.1 Å². The summed E-state index contributed by atoms with van der Waals surface area (Å²) in [6.07, 6.45) is -8.89. The van der Waals surface area contributed by atoms with Crippen LogP contribution in [0, 0.1) is 46.3 Å². The molecule has 0 amide bonds. The Labute approximate surface area is 352 Å². The van der Waals surface area contributed by atoms with Crippen molar-refractivity contribution in [2.45, 2.75) is 196 Å². The molecule has 8 N–H and O–H groups in total. The minimum absolute atomic E-state index is 0.00194. The maximum Gasteiger partial charge on any atom is 0.187 e. The molecule has 9 aliphatic rings. The highest BCUT2D eigenvalue weighted by molar-refractivity contribution is 5.26. The Hall–Kier alpha value is -0.900. The Balaban J connectivity index is 0.901. The van der Waals surface area contributed by atoms with E-state index in [-0.39, 0.29) is 23.0 Å². The molecule has 0 bridgehead atoms. The molecular formula is C44H70O16. The second kappa shape index (κ2) is 16.5. The number of fused-ring (bicyclic) bond motifs is 7. The molecule has 1 spiro atoms. The molecule has 5 aliphatic heterocycles. The Kier molecular flexibility index (Phi) is 12.2. The molecule has 0 radical (unpaired) electrons. The molecule has 0 aromatic heterocycles. The summed E-state index contributed by atoms with van der Waals surface area (Å²) in [5.74, 6) is 2.69. The van der Waals surface area contributed by atoms with Crippen LogP contribution in [0.2, 0.25) is 0 Å². The van der Waals surface area contributed by atoms with Crippen LogP contribution in [0.25, 0.3) is 0 Å². The third kappa shape index (κ3) is 7.10. The van der Waals surface area contributed by atoms with Crippen molar-refractivity contribution >= 4 is 0 Å². The number of aliphatic hydroxyl groups excluding tert-OH is 8. The first-order valence-corrected chi connectivity index (χ1v) is 22.8. The summed E-state index contributed by atoms with van der Waals surface area (Å²) in [5, 5.41) is 85.0. The van der Waals surface area contributed by atoms with Crippen molar-refractivity contribution in [3.05, 3.63) is 11.6 Å². The van der Waals surface area contributed by atoms with Crippen molar-refractivity contribution in [2.75, 3.05) is 19.8 Å². The van der Waals surface area contributed by atoms with Crippen molar-refractivity contribution < 1.29 is 78.7 Å². The van der Waals surface area contributed by atoms with Gasteiger partial charge in [0.15, 0.2) is 24.7 Å². The van der Waals surface area contributed by atoms with E-state index in [2.05, 4.69) is 33.8 Å². The zero-order valence-electron chi connectivity index (χ0n) is 35.6. The Bertz CT molecular complexity index is 1560. The highest BCUT2D eigenvalue weighted by Gasteiger charge is 2.69. The minimum Gasteiger partial charge on any atom is -0.394 e. The second-order valence-electron chi connectivity index (χ2n) is 20.6. The van der Waals surface area contributed by atoms with Crippen molar-refractivity contribution in [3.63, 3.8) is 0 Å². The molecule has 2 unspecified atom stereocenters. The van der Waals surface area contributed by atoms with Crippen LogP contribution in [0.3, 0.4) is 0 Å². The number of rotatable bonds is 8. The molecular weight excluding hydrogens is 784 g/mol. The first-order valence-electron chi connectivity index (χ1n) is 22.8. The van der Waals surface area contributed by atoms with Gasteiger partial charge in [0.25, 0.3) is 0 Å². The summed E-state index contributed by atoms with van der Waals surface area (Å²) in [5.41, 5.74) is 1.56. The molecule has 16 nitrogen and oxygen atoms in total. The summed E-state index contributed by atoms with van der Waals surface area (Å²) in [6.45, 7) is 10.6. The van der Waals surface area contributed by atoms with Crippen LogP contribution in [-0.4, -0.2) is 165 Å². The molecule has 25 atom stereocenters. The van der Waals surface area contributed by atoms with Gasteiger partial charge in [0.1, 0.15) is 61.0 Å². The zero-order valence-corrected chi connectivity index (χ0v) is 35.6. The van der Waals surface area contributed by atoms with Crippen LogP contribution in [0.15, 0.2) is 11.6 Å². The lowest BCUT2D eigenvalue weighted by Gasteiger charge is -2.58. The minimum atomic E-state index is -1.73. The van der Waals surface area contributed by atoms with Gasteiger partial charge in [0, 0.05) is 12.3 Å². The van der Waals surface area contributed by atoms with Gasteiger partial charge in [-0.2, -0.15) is 0 Å². The molecule has 9 rings (SSSR count). The van der Waals surface area contributed by atoms with Crippen LogP contribution in [0.1, 0.15) is 92.4 Å². The van der Waals surface area contributed by atoms with E-state index in [1.165, 1.54) is 18.9 Å². The fourth-order valence-corrected chi connectivity index (χ4v) is 13.8. The van der Waals surface area contributed by atoms with Crippen molar-refractivity contribution in [1.29, 1.82) is 0 Å². The van der Waals surface area contributed by atoms with E-state index in [9.17, 15) is 40.9 Å². The van der Waals surface area contributed by atoms with Gasteiger partial charge in [0.05, 0.1) is 38.1 Å². The van der Waals surface area contributed by atoms with Crippen molar-refractivity contribution in [3.8, 4) is 0 Å². The van der Waals surface area contributed by atoms with Crippen molar-refractivity contribution in [1.82, 2.24) is 0 Å². The van der Waals surface area contributed by atoms with Gasteiger partial charge in [-0.05, 0) is 98.7 Å². The summed E-state index contributed by atoms with van der Waals surface area (Å²) in [4.78, 5) is 0. The summed E-state index contributed by atoms with van der Waals surface area (Å²) in [7, 11) is 0. The van der Waals surface area contributed by atoms with Gasteiger partial charge in [0.2, 0.25) is 0 Å². The lowest BCUT2D eigenvalue weighted by molar-refractivity contribution is -0.376. The van der Waals surface area contributed by atoms with Crippen LogP contribution in [0.5, 0.6) is 0 Å². The molecule has 0 aromatic rings. The topological polar surface area (TPSA) is 236 Å². The average molecular weight is 855 g/mol. The number of allylic oxidation sites excluding steroid dienone is 1. The van der Waals surface area contributed by atoms with Gasteiger partial charge >= 0.3 is 0 Å². The lowest BCUT2D eigenvalue weighted by Crippen LogP contribution is -2.65. The Morgan fingerprint density at radius 2 is 1.38 bits per heavy atom. The van der Waals surface area contributed by atoms with E-state index in [1.54, 1.807) is 0 Å². The van der Waals surface area contributed by atoms with E-state index < -0.39 is 105 Å². The fraction of sp³-hybridized carbons (Fsp3) is 0.955. The maximum absolute atomic E-state index is 12.0. The first-order chi connectivity index (χ1) is 28.5. The predicted molar refractivity (Wildman–Crippen MR) is 208 cm³/mol. The average Bonchev–Trinajstić information content (AvgIpc) is 3.79. The molecule has 16 heteroatoms. The third-order valence-corrected chi connectivity index (χ3v) is 17.3. The standard InChI is InChI=1S/C44H70O16/c1-19-8-13-44(53-18-19)20(2)30-27(60-44)15-26-24-7-6-22-14-23(9-11-42(22,4)25(24)10-12-43(26,30)5)55-41-36(52)38(59-39-35(51)33(49)31(47)21(3)54-39)37(29(17-46)57-41)58-40-34(50)32(48)28(16-45)56-40/h6,19-21,23-41,45-52H,7-18H2,1-5H3/t19-,20+,21+,23+,24-,25+,26+,27+,28+,29-,30+,31+,32+,33-,34-,35-,36?,37-,38-,39?,40+,41-,42+,43+,44-/m1/s1. The van der Waals surface area contributed by atoms with Crippen LogP contribution in [0.4, 0.5) is 0 Å². The number of aliphatic hydroxyl groups is 8. The van der Waals surface area contributed by atoms with Gasteiger partial charge in [-0.1, -0.05) is 39.3 Å². The number of hydrogen-bond acceptors (Lipinski definition) is 16. The van der Waals surface area contributed by atoms with Crippen molar-refractivity contribution in [2.24, 2.45) is 46.3 Å². The van der Waals surface area contributed by atoms with Gasteiger partial charge in [-0.25, -0.2) is 0 Å². The SMILES string of the molecule is C[C@@H]1CC[C@@]2(OC1)O[C@H]1C[C@H]3[C@@H]4CC=C5C[C@@H](O[C@@H]6O[C@H](CO)[C@@H](O[C@@H]7O[C@@H](CO)[C@H](O)[C@H]7O)[C@H](OC7O[C@@H](C)[C@H](O)[C@@H](O)[C@H]7O)C6O)CC[C@]5(C)[C@H]4CC[C@]3(C)[C@H]1[C@@H]2C. The summed E-state index contributed by atoms with van der Waals surface area (Å²) < 4.78 is 49.7. The predicted octanol–water partition coefficient (Wildman–Crippen LogP) is 0.853. The highest BCUT2D eigenvalue weighted by Crippen LogP contribution is 2.70. The quantitative estimate of drug-likeness (QED) is 0.158. The molecule has 4 aliphatic carbocycles. The maximum atomic E-state index is 12.0. The van der Waals surface area contributed by atoms with Gasteiger partial charge < -0.3 is 78.7 Å². The second-order valence-corrected chi connectivity index (χ2v) is 20.6. The number of hydrogen-bond donors (Lipinski definition) is 8. The van der Waals surface area contributed by atoms with Crippen LogP contribution >= 0.6 is 0 Å². The summed E-state index contributed by atoms with van der Waals surface area (Å²) in [6, 6.07) is 0. The smallest absolute Gasteiger partial charge is 0.187 e. The Morgan fingerprint density at radius 1 is 0.700 bits per heavy atom. The molecule has 60 heavy (non-hydrogen) atoms.